The second-order valence-electron chi connectivity index (χ2n) is 5.52. The van der Waals surface area contributed by atoms with E-state index in [2.05, 4.69) is 23.9 Å². The SMILES string of the molecule is COC1(CC(O)Cc2ncnn2C(C)C)CCC1. The normalized spacial score (nSPS) is 19.8. The third-order valence-electron chi connectivity index (χ3n) is 3.86. The molecule has 1 saturated carbocycles. The summed E-state index contributed by atoms with van der Waals surface area (Å²) in [7, 11) is 1.74. The van der Waals surface area contributed by atoms with E-state index in [0.29, 0.717) is 12.8 Å². The van der Waals surface area contributed by atoms with E-state index in [0.717, 1.165) is 18.7 Å². The summed E-state index contributed by atoms with van der Waals surface area (Å²) in [6.07, 6.45) is 5.68. The van der Waals surface area contributed by atoms with Crippen molar-refractivity contribution in [3.8, 4) is 0 Å². The van der Waals surface area contributed by atoms with E-state index in [1.54, 1.807) is 13.4 Å². The third kappa shape index (κ3) is 2.72. The Hall–Kier alpha value is -0.940. The lowest BCUT2D eigenvalue weighted by atomic mass is 9.76. The highest BCUT2D eigenvalue weighted by atomic mass is 16.5. The Morgan fingerprint density at radius 2 is 2.22 bits per heavy atom. The van der Waals surface area contributed by atoms with Gasteiger partial charge in [0.2, 0.25) is 0 Å². The standard InChI is InChI=1S/C13H23N3O2/c1-10(2)16-12(14-9-15-16)7-11(17)8-13(18-3)5-4-6-13/h9-11,17H,4-8H2,1-3H3. The summed E-state index contributed by atoms with van der Waals surface area (Å²) < 4.78 is 7.40. The summed E-state index contributed by atoms with van der Waals surface area (Å²) in [5.74, 6) is 0.850. The molecule has 5 heteroatoms. The zero-order valence-corrected chi connectivity index (χ0v) is 11.5. The van der Waals surface area contributed by atoms with Gasteiger partial charge in [0.25, 0.3) is 0 Å². The van der Waals surface area contributed by atoms with Crippen molar-refractivity contribution in [2.45, 2.75) is 63.7 Å². The fraction of sp³-hybridized carbons (Fsp3) is 0.846. The molecular weight excluding hydrogens is 230 g/mol. The van der Waals surface area contributed by atoms with Gasteiger partial charge in [-0.15, -0.1) is 0 Å². The lowest BCUT2D eigenvalue weighted by Gasteiger charge is -2.41. The number of nitrogens with zero attached hydrogens (tertiary/aromatic N) is 3. The van der Waals surface area contributed by atoms with Crippen LogP contribution in [0.4, 0.5) is 0 Å². The molecule has 1 aromatic heterocycles. The van der Waals surface area contributed by atoms with E-state index < -0.39 is 6.10 Å². The van der Waals surface area contributed by atoms with Gasteiger partial charge < -0.3 is 9.84 Å². The third-order valence-corrected chi connectivity index (χ3v) is 3.86. The summed E-state index contributed by atoms with van der Waals surface area (Å²) >= 11 is 0. The minimum Gasteiger partial charge on any atom is -0.393 e. The lowest BCUT2D eigenvalue weighted by molar-refractivity contribution is -0.0992. The number of methoxy groups -OCH3 is 1. The molecule has 1 heterocycles. The Kier molecular flexibility index (Phi) is 4.02. The van der Waals surface area contributed by atoms with Crippen molar-refractivity contribution < 1.29 is 9.84 Å². The first kappa shape index (κ1) is 13.5. The lowest BCUT2D eigenvalue weighted by Crippen LogP contribution is -2.42. The smallest absolute Gasteiger partial charge is 0.138 e. The average Bonchev–Trinajstić information content (AvgIpc) is 2.71. The topological polar surface area (TPSA) is 60.2 Å². The maximum atomic E-state index is 10.2. The van der Waals surface area contributed by atoms with Crippen LogP contribution in [0.1, 0.15) is 51.4 Å². The van der Waals surface area contributed by atoms with Crippen molar-refractivity contribution in [3.05, 3.63) is 12.2 Å². The van der Waals surface area contributed by atoms with Gasteiger partial charge in [-0.2, -0.15) is 5.10 Å². The molecule has 1 aliphatic rings. The highest BCUT2D eigenvalue weighted by molar-refractivity contribution is 4.95. The van der Waals surface area contributed by atoms with Gasteiger partial charge in [-0.1, -0.05) is 0 Å². The molecule has 102 valence electrons. The van der Waals surface area contributed by atoms with E-state index in [1.165, 1.54) is 6.42 Å². The maximum Gasteiger partial charge on any atom is 0.138 e. The fourth-order valence-corrected chi connectivity index (χ4v) is 2.63. The molecule has 0 amide bonds. The quantitative estimate of drug-likeness (QED) is 0.838. The molecule has 5 nitrogen and oxygen atoms in total. The zero-order valence-electron chi connectivity index (χ0n) is 11.5. The first-order chi connectivity index (χ1) is 8.56. The number of hydrogen-bond acceptors (Lipinski definition) is 4. The summed E-state index contributed by atoms with van der Waals surface area (Å²) in [4.78, 5) is 4.23. The average molecular weight is 253 g/mol. The van der Waals surface area contributed by atoms with Gasteiger partial charge in [0, 0.05) is 26.0 Å². The summed E-state index contributed by atoms with van der Waals surface area (Å²) in [5, 5.41) is 14.4. The van der Waals surface area contributed by atoms with Crippen molar-refractivity contribution in [2.75, 3.05) is 7.11 Å². The molecule has 0 saturated heterocycles. The predicted octanol–water partition coefficient (Wildman–Crippen LogP) is 1.72. The minimum atomic E-state index is -0.410. The molecular formula is C13H23N3O2. The van der Waals surface area contributed by atoms with E-state index in [1.807, 2.05) is 4.68 Å². The Morgan fingerprint density at radius 3 is 2.72 bits per heavy atom. The number of hydrogen-bond donors (Lipinski definition) is 1. The Bertz CT molecular complexity index is 380. The Morgan fingerprint density at radius 1 is 1.50 bits per heavy atom. The van der Waals surface area contributed by atoms with Crippen LogP contribution in [0.5, 0.6) is 0 Å². The molecule has 1 atom stereocenters. The van der Waals surface area contributed by atoms with Crippen LogP contribution in [0.25, 0.3) is 0 Å². The summed E-state index contributed by atoms with van der Waals surface area (Å²) in [6, 6.07) is 0.273. The van der Waals surface area contributed by atoms with Gasteiger partial charge in [-0.3, -0.25) is 0 Å². The Balaban J connectivity index is 1.94. The van der Waals surface area contributed by atoms with Gasteiger partial charge in [0.15, 0.2) is 0 Å². The van der Waals surface area contributed by atoms with Crippen molar-refractivity contribution in [1.82, 2.24) is 14.8 Å². The first-order valence-corrected chi connectivity index (χ1v) is 6.68. The molecule has 2 rings (SSSR count). The molecule has 0 radical (unpaired) electrons. The molecule has 1 fully saturated rings. The summed E-state index contributed by atoms with van der Waals surface area (Å²) in [6.45, 7) is 4.13. The largest absolute Gasteiger partial charge is 0.393 e. The second-order valence-corrected chi connectivity index (χ2v) is 5.52. The van der Waals surface area contributed by atoms with Crippen LogP contribution >= 0.6 is 0 Å². The van der Waals surface area contributed by atoms with Gasteiger partial charge in [0.1, 0.15) is 12.2 Å². The molecule has 0 aliphatic heterocycles. The number of ether oxygens (including phenoxy) is 1. The number of aliphatic hydroxyl groups excluding tert-OH is 1. The molecule has 1 unspecified atom stereocenters. The first-order valence-electron chi connectivity index (χ1n) is 6.68. The maximum absolute atomic E-state index is 10.2. The van der Waals surface area contributed by atoms with Crippen LogP contribution in [0.15, 0.2) is 6.33 Å². The highest BCUT2D eigenvalue weighted by Crippen LogP contribution is 2.39. The molecule has 0 spiro atoms. The molecule has 0 bridgehead atoms. The zero-order chi connectivity index (χ0) is 13.2. The summed E-state index contributed by atoms with van der Waals surface area (Å²) in [5.41, 5.74) is -0.0951. The minimum absolute atomic E-state index is 0.0951. The number of aromatic nitrogens is 3. The number of rotatable bonds is 6. The van der Waals surface area contributed by atoms with Crippen LogP contribution in [-0.2, 0) is 11.2 Å². The second kappa shape index (κ2) is 5.36. The van der Waals surface area contributed by atoms with Crippen molar-refractivity contribution in [3.63, 3.8) is 0 Å². The fourth-order valence-electron chi connectivity index (χ4n) is 2.63. The van der Waals surface area contributed by atoms with E-state index >= 15 is 0 Å². The molecule has 18 heavy (non-hydrogen) atoms. The van der Waals surface area contributed by atoms with E-state index in [4.69, 9.17) is 4.74 Å². The highest BCUT2D eigenvalue weighted by Gasteiger charge is 2.38. The molecule has 1 aromatic rings. The van der Waals surface area contributed by atoms with E-state index in [-0.39, 0.29) is 11.6 Å². The van der Waals surface area contributed by atoms with Crippen LogP contribution in [0, 0.1) is 0 Å². The van der Waals surface area contributed by atoms with Crippen molar-refractivity contribution in [2.24, 2.45) is 0 Å². The number of aliphatic hydroxyl groups is 1. The van der Waals surface area contributed by atoms with Crippen LogP contribution < -0.4 is 0 Å². The van der Waals surface area contributed by atoms with Crippen molar-refractivity contribution >= 4 is 0 Å². The van der Waals surface area contributed by atoms with Crippen LogP contribution in [-0.4, -0.2) is 38.7 Å². The van der Waals surface area contributed by atoms with Crippen molar-refractivity contribution in [1.29, 1.82) is 0 Å². The van der Waals surface area contributed by atoms with E-state index in [9.17, 15) is 5.11 Å². The Labute approximate surface area is 108 Å². The molecule has 1 N–H and O–H groups in total. The van der Waals surface area contributed by atoms with Gasteiger partial charge >= 0.3 is 0 Å². The molecule has 0 aromatic carbocycles. The van der Waals surface area contributed by atoms with Gasteiger partial charge in [0.05, 0.1) is 11.7 Å². The predicted molar refractivity (Wildman–Crippen MR) is 68.3 cm³/mol. The van der Waals surface area contributed by atoms with Crippen LogP contribution in [0.3, 0.4) is 0 Å². The monoisotopic (exact) mass is 253 g/mol. The van der Waals surface area contributed by atoms with Gasteiger partial charge in [-0.05, 0) is 33.1 Å². The van der Waals surface area contributed by atoms with Gasteiger partial charge in [-0.25, -0.2) is 9.67 Å². The van der Waals surface area contributed by atoms with Crippen LogP contribution in [0.2, 0.25) is 0 Å². The molecule has 1 aliphatic carbocycles.